The molecular weight excluding hydrogens is 241 g/mol. The third kappa shape index (κ3) is 3.31. The van der Waals surface area contributed by atoms with Gasteiger partial charge in [0.2, 0.25) is 0 Å². The summed E-state index contributed by atoms with van der Waals surface area (Å²) in [5, 5.41) is 19.1. The fraction of sp³-hybridized carbons (Fsp3) is 0.444. The Balaban J connectivity index is 2.86. The van der Waals surface area contributed by atoms with E-state index in [4.69, 9.17) is 11.6 Å². The molecule has 2 unspecified atom stereocenters. The summed E-state index contributed by atoms with van der Waals surface area (Å²) in [5.41, 5.74) is -0.200. The van der Waals surface area contributed by atoms with E-state index in [1.54, 1.807) is 0 Å². The van der Waals surface area contributed by atoms with Gasteiger partial charge in [-0.3, -0.25) is 4.98 Å². The average molecular weight is 252 g/mol. The first-order valence-corrected chi connectivity index (χ1v) is 5.35. The molecule has 0 aliphatic heterocycles. The zero-order valence-corrected chi connectivity index (χ0v) is 9.42. The monoisotopic (exact) mass is 251 g/mol. The summed E-state index contributed by atoms with van der Waals surface area (Å²) in [6.07, 6.45) is -0.954. The lowest BCUT2D eigenvalue weighted by atomic mass is 10.1. The van der Waals surface area contributed by atoms with E-state index >= 15 is 0 Å². The summed E-state index contributed by atoms with van der Waals surface area (Å²) in [7, 11) is 0. The van der Waals surface area contributed by atoms with Crippen molar-refractivity contribution in [1.29, 1.82) is 0 Å². The quantitative estimate of drug-likeness (QED) is 0.713. The highest BCUT2D eigenvalue weighted by molar-refractivity contribution is 7.80. The topological polar surface area (TPSA) is 53.4 Å². The van der Waals surface area contributed by atoms with E-state index in [9.17, 15) is 14.6 Å². The molecule has 0 aliphatic rings. The lowest BCUT2D eigenvalue weighted by Crippen LogP contribution is -2.20. The van der Waals surface area contributed by atoms with Gasteiger partial charge in [0, 0.05) is 6.20 Å². The van der Waals surface area contributed by atoms with Crippen LogP contribution in [0.5, 0.6) is 0 Å². The molecule has 1 heterocycles. The summed E-state index contributed by atoms with van der Waals surface area (Å²) >= 11 is 9.41. The molecule has 0 aliphatic carbocycles. The maximum atomic E-state index is 13.3. The Hall–Kier alpha value is -0.360. The molecule has 84 valence electrons. The summed E-state index contributed by atoms with van der Waals surface area (Å²) in [6, 6.07) is 1.04. The lowest BCUT2D eigenvalue weighted by Gasteiger charge is -2.16. The number of thiol groups is 1. The van der Waals surface area contributed by atoms with Crippen molar-refractivity contribution < 1.29 is 14.6 Å². The minimum absolute atomic E-state index is 0.145. The zero-order chi connectivity index (χ0) is 11.4. The Morgan fingerprint density at radius 2 is 2.20 bits per heavy atom. The molecule has 0 aromatic carbocycles. The highest BCUT2D eigenvalue weighted by atomic mass is 35.5. The predicted octanol–water partition coefficient (Wildman–Crippen LogP) is 1.59. The standard InChI is InChI=1S/C9H11ClFNO2S/c10-5-3-6(11)8(12-4-5)9(14)7(13)1-2-15/h3-4,7,9,13-15H,1-2H2. The van der Waals surface area contributed by atoms with Gasteiger partial charge in [0.05, 0.1) is 11.1 Å². The van der Waals surface area contributed by atoms with Gasteiger partial charge in [-0.2, -0.15) is 12.6 Å². The van der Waals surface area contributed by atoms with E-state index in [0.29, 0.717) is 5.75 Å². The van der Waals surface area contributed by atoms with Crippen LogP contribution in [-0.4, -0.2) is 27.1 Å². The lowest BCUT2D eigenvalue weighted by molar-refractivity contribution is 0.0124. The molecule has 1 aromatic rings. The average Bonchev–Trinajstić information content (AvgIpc) is 2.17. The summed E-state index contributed by atoms with van der Waals surface area (Å²) in [4.78, 5) is 3.64. The first-order valence-electron chi connectivity index (χ1n) is 4.34. The highest BCUT2D eigenvalue weighted by Crippen LogP contribution is 2.22. The first-order chi connectivity index (χ1) is 7.06. The van der Waals surface area contributed by atoms with Gasteiger partial charge in [-0.15, -0.1) is 0 Å². The SMILES string of the molecule is OC(CCS)C(O)c1ncc(Cl)cc1F. The number of rotatable bonds is 4. The molecule has 2 atom stereocenters. The molecule has 0 amide bonds. The maximum Gasteiger partial charge on any atom is 0.148 e. The van der Waals surface area contributed by atoms with Crippen LogP contribution in [0.1, 0.15) is 18.2 Å². The van der Waals surface area contributed by atoms with E-state index in [-0.39, 0.29) is 17.1 Å². The largest absolute Gasteiger partial charge is 0.390 e. The van der Waals surface area contributed by atoms with Crippen LogP contribution in [0.25, 0.3) is 0 Å². The van der Waals surface area contributed by atoms with Gasteiger partial charge in [-0.05, 0) is 18.2 Å². The molecule has 0 radical (unpaired) electrons. The molecule has 2 N–H and O–H groups in total. The fourth-order valence-corrected chi connectivity index (χ4v) is 1.52. The highest BCUT2D eigenvalue weighted by Gasteiger charge is 2.22. The number of hydrogen-bond donors (Lipinski definition) is 3. The van der Waals surface area contributed by atoms with Crippen LogP contribution in [0.4, 0.5) is 4.39 Å². The molecule has 0 saturated carbocycles. The van der Waals surface area contributed by atoms with E-state index in [2.05, 4.69) is 17.6 Å². The van der Waals surface area contributed by atoms with Crippen molar-refractivity contribution >= 4 is 24.2 Å². The van der Waals surface area contributed by atoms with Crippen molar-refractivity contribution in [2.24, 2.45) is 0 Å². The van der Waals surface area contributed by atoms with Crippen LogP contribution in [0.15, 0.2) is 12.3 Å². The van der Waals surface area contributed by atoms with Crippen molar-refractivity contribution in [1.82, 2.24) is 4.98 Å². The molecular formula is C9H11ClFNO2S. The van der Waals surface area contributed by atoms with Crippen LogP contribution < -0.4 is 0 Å². The molecule has 0 fully saturated rings. The van der Waals surface area contributed by atoms with Crippen LogP contribution in [-0.2, 0) is 0 Å². The van der Waals surface area contributed by atoms with E-state index < -0.39 is 18.0 Å². The van der Waals surface area contributed by atoms with Crippen molar-refractivity contribution in [2.75, 3.05) is 5.75 Å². The Morgan fingerprint density at radius 1 is 1.53 bits per heavy atom. The van der Waals surface area contributed by atoms with Gasteiger partial charge in [0.15, 0.2) is 0 Å². The van der Waals surface area contributed by atoms with Crippen molar-refractivity contribution in [2.45, 2.75) is 18.6 Å². The number of aromatic nitrogens is 1. The fourth-order valence-electron chi connectivity index (χ4n) is 1.12. The molecule has 1 rings (SSSR count). The van der Waals surface area contributed by atoms with Crippen molar-refractivity contribution in [3.05, 3.63) is 28.8 Å². The summed E-state index contributed by atoms with van der Waals surface area (Å²) in [6.45, 7) is 0. The molecule has 15 heavy (non-hydrogen) atoms. The predicted molar refractivity (Wildman–Crippen MR) is 58.6 cm³/mol. The zero-order valence-electron chi connectivity index (χ0n) is 7.77. The van der Waals surface area contributed by atoms with Crippen LogP contribution in [0.3, 0.4) is 0 Å². The number of nitrogens with zero attached hydrogens (tertiary/aromatic N) is 1. The number of aliphatic hydroxyl groups excluding tert-OH is 2. The smallest absolute Gasteiger partial charge is 0.148 e. The summed E-state index contributed by atoms with van der Waals surface area (Å²) in [5.74, 6) is -0.332. The minimum atomic E-state index is -1.35. The van der Waals surface area contributed by atoms with Crippen molar-refractivity contribution in [3.63, 3.8) is 0 Å². The number of aliphatic hydroxyl groups is 2. The van der Waals surface area contributed by atoms with E-state index in [1.807, 2.05) is 0 Å². The van der Waals surface area contributed by atoms with Gasteiger partial charge in [0.25, 0.3) is 0 Å². The third-order valence-corrected chi connectivity index (χ3v) is 2.37. The second-order valence-corrected chi connectivity index (χ2v) is 3.93. The van der Waals surface area contributed by atoms with Gasteiger partial charge in [0.1, 0.15) is 17.6 Å². The number of hydrogen-bond acceptors (Lipinski definition) is 4. The first kappa shape index (κ1) is 12.7. The normalized spacial score (nSPS) is 15.0. The molecule has 0 spiro atoms. The van der Waals surface area contributed by atoms with Gasteiger partial charge < -0.3 is 10.2 Å². The number of pyridine rings is 1. The Kier molecular flexibility index (Phi) is 4.79. The molecule has 3 nitrogen and oxygen atoms in total. The molecule has 1 aromatic heterocycles. The molecule has 0 saturated heterocycles. The van der Waals surface area contributed by atoms with Gasteiger partial charge >= 0.3 is 0 Å². The van der Waals surface area contributed by atoms with Crippen molar-refractivity contribution in [3.8, 4) is 0 Å². The number of halogens is 2. The molecule has 6 heteroatoms. The van der Waals surface area contributed by atoms with E-state index in [0.717, 1.165) is 6.07 Å². The Labute approximate surface area is 97.3 Å². The summed E-state index contributed by atoms with van der Waals surface area (Å²) < 4.78 is 13.3. The second kappa shape index (κ2) is 5.65. The minimum Gasteiger partial charge on any atom is -0.390 e. The Morgan fingerprint density at radius 3 is 2.73 bits per heavy atom. The molecule has 0 bridgehead atoms. The van der Waals surface area contributed by atoms with E-state index in [1.165, 1.54) is 6.20 Å². The van der Waals surface area contributed by atoms with Gasteiger partial charge in [-0.1, -0.05) is 11.6 Å². The van der Waals surface area contributed by atoms with Gasteiger partial charge in [-0.25, -0.2) is 4.39 Å². The van der Waals surface area contributed by atoms with Crippen LogP contribution in [0.2, 0.25) is 5.02 Å². The maximum absolute atomic E-state index is 13.3. The second-order valence-electron chi connectivity index (χ2n) is 3.05. The van der Waals surface area contributed by atoms with Crippen LogP contribution >= 0.6 is 24.2 Å². The Bertz CT molecular complexity index is 340. The third-order valence-electron chi connectivity index (χ3n) is 1.91. The van der Waals surface area contributed by atoms with Crippen LogP contribution in [0, 0.1) is 5.82 Å².